The van der Waals surface area contributed by atoms with Crippen LogP contribution < -0.4 is 4.72 Å². The maximum absolute atomic E-state index is 13.6. The number of aryl methyl sites for hydroxylation is 1. The van der Waals surface area contributed by atoms with Gasteiger partial charge in [-0.1, -0.05) is 42.0 Å². The summed E-state index contributed by atoms with van der Waals surface area (Å²) in [6.45, 7) is 3.24. The summed E-state index contributed by atoms with van der Waals surface area (Å²) in [5, 5.41) is 21.0. The van der Waals surface area contributed by atoms with E-state index in [-0.39, 0.29) is 58.3 Å². The number of benzene rings is 3. The predicted molar refractivity (Wildman–Crippen MR) is 172 cm³/mol. The maximum atomic E-state index is 13.6. The van der Waals surface area contributed by atoms with Gasteiger partial charge in [0.25, 0.3) is 21.8 Å². The monoisotopic (exact) mass is 725 g/mol. The van der Waals surface area contributed by atoms with Crippen molar-refractivity contribution in [2.75, 3.05) is 13.1 Å². The zero-order valence-corrected chi connectivity index (χ0v) is 27.9. The van der Waals surface area contributed by atoms with Crippen molar-refractivity contribution >= 4 is 27.7 Å². The van der Waals surface area contributed by atoms with Crippen molar-refractivity contribution < 1.29 is 45.8 Å². The lowest BCUT2D eigenvalue weighted by Crippen LogP contribution is -2.44. The molecular formula is C33H30F3N7O7S. The van der Waals surface area contributed by atoms with Gasteiger partial charge in [-0.25, -0.2) is 22.7 Å². The highest BCUT2D eigenvalue weighted by Gasteiger charge is 2.40. The molecule has 0 radical (unpaired) electrons. The van der Waals surface area contributed by atoms with Gasteiger partial charge in [-0.05, 0) is 69.2 Å². The Morgan fingerprint density at radius 3 is 2.16 bits per heavy atom. The number of aromatic nitrogens is 2. The van der Waals surface area contributed by atoms with Crippen molar-refractivity contribution in [3.8, 4) is 16.9 Å². The third kappa shape index (κ3) is 7.12. The Hall–Kier alpha value is -5.78. The molecule has 3 aromatic carbocycles. The van der Waals surface area contributed by atoms with E-state index >= 15 is 0 Å². The van der Waals surface area contributed by atoms with Gasteiger partial charge in [0, 0.05) is 11.5 Å². The molecule has 1 fully saturated rings. The molecule has 2 aliphatic heterocycles. The van der Waals surface area contributed by atoms with Crippen LogP contribution in [0.15, 0.2) is 89.0 Å². The van der Waals surface area contributed by atoms with Crippen molar-refractivity contribution in [3.05, 3.63) is 106 Å². The first-order valence-corrected chi connectivity index (χ1v) is 17.1. The van der Waals surface area contributed by atoms with Crippen LogP contribution in [0.2, 0.25) is 0 Å². The first-order valence-electron chi connectivity index (χ1n) is 15.6. The van der Waals surface area contributed by atoms with E-state index < -0.39 is 51.8 Å². The number of hydrogen-bond donors (Lipinski definition) is 1. The van der Waals surface area contributed by atoms with Gasteiger partial charge in [-0.15, -0.1) is 5.01 Å². The highest BCUT2D eigenvalue weighted by atomic mass is 32.2. The normalized spacial score (nSPS) is 16.3. The lowest BCUT2D eigenvalue weighted by atomic mass is 9.97. The zero-order chi connectivity index (χ0) is 36.7. The van der Waals surface area contributed by atoms with Crippen molar-refractivity contribution in [1.29, 1.82) is 0 Å². The number of halogens is 3. The highest BCUT2D eigenvalue weighted by Crippen LogP contribution is 2.34. The van der Waals surface area contributed by atoms with E-state index in [9.17, 15) is 41.2 Å². The number of piperidine rings is 1. The third-order valence-electron chi connectivity index (χ3n) is 8.52. The Morgan fingerprint density at radius 1 is 1.00 bits per heavy atom. The Balaban J connectivity index is 1.06. The van der Waals surface area contributed by atoms with Crippen LogP contribution in [0.5, 0.6) is 0 Å². The molecular weight excluding hydrogens is 695 g/mol. The van der Waals surface area contributed by atoms with Gasteiger partial charge in [0.05, 0.1) is 45.5 Å². The molecule has 4 aromatic rings. The number of carbonyl (C=O) groups is 3. The molecule has 1 aromatic heterocycles. The molecule has 1 atom stereocenters. The number of carbonyl (C=O) groups excluding carboxylic acids is 3. The minimum Gasteiger partial charge on any atom is -0.569 e. The fourth-order valence-electron chi connectivity index (χ4n) is 5.73. The first kappa shape index (κ1) is 35.1. The SMILES string of the molecule is Cc1ccc(-c2cc(C(F)(F)F)nn2-c2ccc(S(=O)(=O)NC(=O)C3CCN(/[N+]([O-])=N\OC(C)N4C(=O)c5ccccc5C4=O)CC3)cc2)cc1. The number of rotatable bonds is 9. The average molecular weight is 726 g/mol. The number of nitrogens with zero attached hydrogens (tertiary/aromatic N) is 6. The summed E-state index contributed by atoms with van der Waals surface area (Å²) in [4.78, 5) is 44.0. The molecule has 18 heteroatoms. The Bertz CT molecular complexity index is 2090. The number of hydrogen-bond acceptors (Lipinski definition) is 9. The fraction of sp³-hybridized carbons (Fsp3) is 0.273. The van der Waals surface area contributed by atoms with Crippen LogP contribution in [0.3, 0.4) is 0 Å². The summed E-state index contributed by atoms with van der Waals surface area (Å²) in [5.41, 5.74) is 0.979. The highest BCUT2D eigenvalue weighted by molar-refractivity contribution is 7.90. The van der Waals surface area contributed by atoms with E-state index in [1.165, 1.54) is 36.2 Å². The van der Waals surface area contributed by atoms with E-state index in [1.54, 1.807) is 36.4 Å². The lowest BCUT2D eigenvalue weighted by molar-refractivity contribution is -0.714. The standard InChI is InChI=1S/C33H30F3N7O7S/c1-20-7-9-22(10-8-20)28-19-29(33(34,35)36)37-42(28)24-11-13-25(14-12-24)51(48,49)38-30(44)23-15-17-40(18-16-23)43(47)39-50-21(2)41-31(45)26-5-3-4-6-27(26)32(41)46/h3-14,19,21,23H,15-18H2,1-2H3,(H,38,44)/b43-39+. The molecule has 0 bridgehead atoms. The van der Waals surface area contributed by atoms with E-state index in [0.29, 0.717) is 5.56 Å². The summed E-state index contributed by atoms with van der Waals surface area (Å²) in [6.07, 6.45) is -5.73. The van der Waals surface area contributed by atoms with Crippen LogP contribution in [0.4, 0.5) is 13.2 Å². The molecule has 0 aliphatic carbocycles. The topological polar surface area (TPSA) is 169 Å². The zero-order valence-electron chi connectivity index (χ0n) is 27.1. The summed E-state index contributed by atoms with van der Waals surface area (Å²) >= 11 is 0. The van der Waals surface area contributed by atoms with E-state index in [1.807, 2.05) is 11.6 Å². The summed E-state index contributed by atoms with van der Waals surface area (Å²) in [6, 6.07) is 18.8. The number of sulfonamides is 1. The molecule has 51 heavy (non-hydrogen) atoms. The predicted octanol–water partition coefficient (Wildman–Crippen LogP) is 4.83. The minimum atomic E-state index is -4.72. The van der Waals surface area contributed by atoms with Crippen LogP contribution in [-0.4, -0.2) is 70.1 Å². The second kappa shape index (κ2) is 13.5. The van der Waals surface area contributed by atoms with Crippen molar-refractivity contribution in [2.45, 2.75) is 44.0 Å². The van der Waals surface area contributed by atoms with Crippen LogP contribution in [-0.2, 0) is 25.8 Å². The second-order valence-electron chi connectivity index (χ2n) is 11.9. The number of nitrogens with one attached hydrogen (secondary N) is 1. The molecule has 6 rings (SSSR count). The second-order valence-corrected chi connectivity index (χ2v) is 13.6. The van der Waals surface area contributed by atoms with Crippen LogP contribution in [0.1, 0.15) is 51.7 Å². The van der Waals surface area contributed by atoms with E-state index in [0.717, 1.165) is 33.3 Å². The van der Waals surface area contributed by atoms with Crippen LogP contribution >= 0.6 is 0 Å². The van der Waals surface area contributed by atoms with Gasteiger partial charge in [0.1, 0.15) is 0 Å². The number of fused-ring (bicyclic) bond motifs is 1. The lowest BCUT2D eigenvalue weighted by Gasteiger charge is -2.27. The summed E-state index contributed by atoms with van der Waals surface area (Å²) < 4.78 is 70.0. The summed E-state index contributed by atoms with van der Waals surface area (Å²) in [7, 11) is -4.37. The quantitative estimate of drug-likeness (QED) is 0.110. The molecule has 1 saturated heterocycles. The van der Waals surface area contributed by atoms with Gasteiger partial charge < -0.3 is 10.0 Å². The number of amides is 3. The van der Waals surface area contributed by atoms with Crippen molar-refractivity contribution in [2.24, 2.45) is 11.2 Å². The Morgan fingerprint density at radius 2 is 1.59 bits per heavy atom. The third-order valence-corrected chi connectivity index (χ3v) is 9.88. The minimum absolute atomic E-state index is 0.0116. The molecule has 266 valence electrons. The van der Waals surface area contributed by atoms with Gasteiger partial charge in [0.2, 0.25) is 17.4 Å². The first-order chi connectivity index (χ1) is 24.1. The number of imide groups is 1. The maximum Gasteiger partial charge on any atom is 0.435 e. The van der Waals surface area contributed by atoms with E-state index in [2.05, 4.69) is 10.4 Å². The molecule has 0 spiro atoms. The Kier molecular flexibility index (Phi) is 9.28. The molecule has 1 unspecified atom stereocenters. The fourth-order valence-corrected chi connectivity index (χ4v) is 6.78. The molecule has 0 saturated carbocycles. The smallest absolute Gasteiger partial charge is 0.435 e. The van der Waals surface area contributed by atoms with Crippen LogP contribution in [0, 0.1) is 18.0 Å². The molecule has 14 nitrogen and oxygen atoms in total. The van der Waals surface area contributed by atoms with Gasteiger partial charge in [-0.2, -0.15) is 18.3 Å². The van der Waals surface area contributed by atoms with Crippen LogP contribution in [0.25, 0.3) is 16.9 Å². The molecule has 3 heterocycles. The van der Waals surface area contributed by atoms with Gasteiger partial charge >= 0.3 is 6.18 Å². The number of hydrazine groups is 1. The van der Waals surface area contributed by atoms with Crippen molar-refractivity contribution in [3.63, 3.8) is 0 Å². The Labute approximate surface area is 289 Å². The number of alkyl halides is 3. The molecule has 3 amide bonds. The molecule has 2 aliphatic rings. The van der Waals surface area contributed by atoms with E-state index in [4.69, 9.17) is 4.84 Å². The van der Waals surface area contributed by atoms with Gasteiger partial charge in [-0.3, -0.25) is 14.4 Å². The largest absolute Gasteiger partial charge is 0.569 e. The summed E-state index contributed by atoms with van der Waals surface area (Å²) in [5.74, 6) is -2.74. The average Bonchev–Trinajstić information content (AvgIpc) is 3.67. The van der Waals surface area contributed by atoms with Gasteiger partial charge in [0.15, 0.2) is 5.69 Å². The van der Waals surface area contributed by atoms with Crippen molar-refractivity contribution in [1.82, 2.24) is 24.4 Å². The molecule has 1 N–H and O–H groups in total.